The first kappa shape index (κ1) is 43.4. The highest BCUT2D eigenvalue weighted by molar-refractivity contribution is 6.44. The van der Waals surface area contributed by atoms with Gasteiger partial charge in [-0.15, -0.1) is 23.2 Å². The summed E-state index contributed by atoms with van der Waals surface area (Å²) in [5.74, 6) is -3.33. The number of urea groups is 1. The van der Waals surface area contributed by atoms with Gasteiger partial charge in [0, 0.05) is 12.5 Å². The Morgan fingerprint density at radius 1 is 0.896 bits per heavy atom. The lowest BCUT2D eigenvalue weighted by Crippen LogP contribution is -2.59. The summed E-state index contributed by atoms with van der Waals surface area (Å²) < 4.78 is 5.22. The predicted octanol–water partition coefficient (Wildman–Crippen LogP) is 4.62. The standard InChI is InChI=1S/C28H43Cl2N5O7.C4H10.C2H6/c1-28(2,3)42-20(36)13-32-27(41)34-21(16-7-5-4-6-8-16)26(40)35-14-17(23(29)30)12-19(35)25(39)33-18(11-15-9-10-15)22(37)24(31)38;1-4(2)3;1-2/h15-19,21,23H,4-14H2,1-3H3,(H2,31,38)(H,33,39)(H2,32,34,41);4H,1-3H3;1-2H3/t17-,18?,19?,21?;;/m1../s1. The number of hydrogen-bond donors (Lipinski definition) is 4. The first-order valence-corrected chi connectivity index (χ1v) is 18.3. The van der Waals surface area contributed by atoms with Crippen LogP contribution in [0.15, 0.2) is 0 Å². The Bertz CT molecular complexity index is 1090. The number of halogens is 2. The van der Waals surface area contributed by atoms with Gasteiger partial charge in [-0.05, 0) is 64.2 Å². The number of carbonyl (C=O) groups excluding carboxylic acids is 6. The average Bonchev–Trinajstić information content (AvgIpc) is 3.71. The van der Waals surface area contributed by atoms with E-state index in [0.29, 0.717) is 12.8 Å². The van der Waals surface area contributed by atoms with Crippen LogP contribution in [0.5, 0.6) is 0 Å². The molecule has 5 amide bonds. The molecule has 2 saturated carbocycles. The van der Waals surface area contributed by atoms with Crippen LogP contribution in [0.4, 0.5) is 4.79 Å². The topological polar surface area (TPSA) is 177 Å². The molecular formula is C34H59Cl2N5O7. The summed E-state index contributed by atoms with van der Waals surface area (Å²) in [7, 11) is 0. The maximum atomic E-state index is 14.1. The van der Waals surface area contributed by atoms with Crippen LogP contribution in [-0.4, -0.2) is 82.1 Å². The molecule has 0 aromatic carbocycles. The number of nitrogens with two attached hydrogens (primary N) is 1. The van der Waals surface area contributed by atoms with Gasteiger partial charge in [-0.1, -0.05) is 66.7 Å². The molecule has 4 atom stereocenters. The van der Waals surface area contributed by atoms with Crippen molar-refractivity contribution in [3.63, 3.8) is 0 Å². The van der Waals surface area contributed by atoms with Crippen molar-refractivity contribution in [2.75, 3.05) is 13.1 Å². The molecule has 3 rings (SSSR count). The van der Waals surface area contributed by atoms with Gasteiger partial charge in [0.2, 0.25) is 17.6 Å². The minimum Gasteiger partial charge on any atom is -0.459 e. The van der Waals surface area contributed by atoms with Crippen LogP contribution in [0.2, 0.25) is 0 Å². The van der Waals surface area contributed by atoms with Crippen molar-refractivity contribution in [1.29, 1.82) is 0 Å². The molecule has 1 aliphatic heterocycles. The molecule has 0 spiro atoms. The summed E-state index contributed by atoms with van der Waals surface area (Å²) in [6.45, 7) is 15.3. The molecule has 0 radical (unpaired) electrons. The van der Waals surface area contributed by atoms with Crippen LogP contribution in [-0.2, 0) is 28.7 Å². The second-order valence-corrected chi connectivity index (χ2v) is 15.5. The second kappa shape index (κ2) is 20.8. The molecule has 48 heavy (non-hydrogen) atoms. The van der Waals surface area contributed by atoms with Gasteiger partial charge < -0.3 is 31.3 Å². The van der Waals surface area contributed by atoms with Crippen molar-refractivity contribution >= 4 is 58.7 Å². The van der Waals surface area contributed by atoms with E-state index in [-0.39, 0.29) is 37.8 Å². The molecule has 3 aliphatic rings. The van der Waals surface area contributed by atoms with E-state index >= 15 is 0 Å². The summed E-state index contributed by atoms with van der Waals surface area (Å²) in [4.78, 5) is 77.2. The van der Waals surface area contributed by atoms with Crippen LogP contribution in [0.1, 0.15) is 113 Å². The summed E-state index contributed by atoms with van der Waals surface area (Å²) in [6.07, 6.45) is 6.36. The van der Waals surface area contributed by atoms with E-state index < -0.39 is 70.0 Å². The molecule has 2 aliphatic carbocycles. The number of Topliss-reactive ketones (excluding diaryl/α,β-unsaturated/α-hetero) is 1. The van der Waals surface area contributed by atoms with Crippen LogP contribution >= 0.6 is 23.2 Å². The van der Waals surface area contributed by atoms with E-state index in [1.165, 1.54) is 4.90 Å². The van der Waals surface area contributed by atoms with Crippen molar-refractivity contribution in [3.8, 4) is 0 Å². The number of ketones is 1. The Morgan fingerprint density at radius 2 is 1.46 bits per heavy atom. The summed E-state index contributed by atoms with van der Waals surface area (Å²) >= 11 is 12.4. The second-order valence-electron chi connectivity index (χ2n) is 14.3. The molecule has 0 bridgehead atoms. The smallest absolute Gasteiger partial charge is 0.325 e. The van der Waals surface area contributed by atoms with E-state index in [1.54, 1.807) is 20.8 Å². The number of carbonyl (C=O) groups is 6. The lowest BCUT2D eigenvalue weighted by atomic mass is 9.83. The number of ether oxygens (including phenoxy) is 1. The number of amides is 5. The first-order valence-electron chi connectivity index (χ1n) is 17.4. The lowest BCUT2D eigenvalue weighted by Gasteiger charge is -2.35. The van der Waals surface area contributed by atoms with Gasteiger partial charge in [0.1, 0.15) is 29.1 Å². The van der Waals surface area contributed by atoms with Crippen molar-refractivity contribution in [2.45, 2.75) is 142 Å². The number of nitrogens with zero attached hydrogens (tertiary/aromatic N) is 1. The molecule has 12 nitrogen and oxygen atoms in total. The molecule has 3 unspecified atom stereocenters. The SMILES string of the molecule is CC.CC(C)(C)OC(=O)CNC(=O)NC(C(=O)N1C[C@H](C(Cl)Cl)CC1C(=O)NC(CC1CC1)C(=O)C(N)=O)C1CCCCC1.CC(C)C. The van der Waals surface area contributed by atoms with E-state index in [1.807, 2.05) is 13.8 Å². The highest BCUT2D eigenvalue weighted by Crippen LogP contribution is 2.35. The van der Waals surface area contributed by atoms with Crippen molar-refractivity contribution < 1.29 is 33.5 Å². The molecule has 1 saturated heterocycles. The molecule has 1 heterocycles. The molecule has 0 aromatic rings. The molecule has 5 N–H and O–H groups in total. The fourth-order valence-electron chi connectivity index (χ4n) is 5.65. The molecular weight excluding hydrogens is 661 g/mol. The van der Waals surface area contributed by atoms with Gasteiger partial charge in [0.15, 0.2) is 0 Å². The summed E-state index contributed by atoms with van der Waals surface area (Å²) in [5.41, 5.74) is 4.51. The molecule has 3 fully saturated rings. The molecule has 0 aromatic heterocycles. The van der Waals surface area contributed by atoms with Gasteiger partial charge in [0.05, 0.1) is 6.04 Å². The largest absolute Gasteiger partial charge is 0.459 e. The first-order chi connectivity index (χ1) is 22.4. The Morgan fingerprint density at radius 3 is 1.94 bits per heavy atom. The van der Waals surface area contributed by atoms with Crippen molar-refractivity contribution in [3.05, 3.63) is 0 Å². The zero-order valence-corrected chi connectivity index (χ0v) is 31.5. The number of primary amides is 1. The van der Waals surface area contributed by atoms with Gasteiger partial charge >= 0.3 is 12.0 Å². The monoisotopic (exact) mass is 719 g/mol. The number of esters is 1. The van der Waals surface area contributed by atoms with Crippen molar-refractivity contribution in [1.82, 2.24) is 20.9 Å². The number of nitrogens with one attached hydrogen (secondary N) is 3. The van der Waals surface area contributed by atoms with E-state index in [0.717, 1.165) is 38.0 Å². The molecule has 276 valence electrons. The zero-order chi connectivity index (χ0) is 36.8. The van der Waals surface area contributed by atoms with E-state index in [4.69, 9.17) is 33.7 Å². The number of likely N-dealkylation sites (tertiary alicyclic amines) is 1. The minimum atomic E-state index is -1.14. The predicted molar refractivity (Wildman–Crippen MR) is 187 cm³/mol. The van der Waals surface area contributed by atoms with Crippen LogP contribution in [0.25, 0.3) is 0 Å². The highest BCUT2D eigenvalue weighted by Gasteiger charge is 2.46. The number of alkyl halides is 2. The normalized spacial score (nSPS) is 20.7. The van der Waals surface area contributed by atoms with Gasteiger partial charge in [-0.3, -0.25) is 24.0 Å². The third-order valence-corrected chi connectivity index (χ3v) is 8.62. The van der Waals surface area contributed by atoms with Crippen LogP contribution < -0.4 is 21.7 Å². The van der Waals surface area contributed by atoms with Gasteiger partial charge in [-0.2, -0.15) is 0 Å². The maximum absolute atomic E-state index is 14.1. The Labute approximate surface area is 296 Å². The Hall–Kier alpha value is -2.60. The number of hydrogen-bond acceptors (Lipinski definition) is 7. The van der Waals surface area contributed by atoms with Gasteiger partial charge in [0.25, 0.3) is 5.91 Å². The summed E-state index contributed by atoms with van der Waals surface area (Å²) in [5, 5.41) is 7.83. The average molecular weight is 721 g/mol. The third-order valence-electron chi connectivity index (χ3n) is 7.90. The maximum Gasteiger partial charge on any atom is 0.325 e. The van der Waals surface area contributed by atoms with Crippen LogP contribution in [0, 0.1) is 23.7 Å². The van der Waals surface area contributed by atoms with E-state index in [9.17, 15) is 28.8 Å². The van der Waals surface area contributed by atoms with Gasteiger partial charge in [-0.25, -0.2) is 4.79 Å². The fraction of sp³-hybridized carbons (Fsp3) is 0.824. The summed E-state index contributed by atoms with van der Waals surface area (Å²) in [6, 6.07) is -3.81. The Kier molecular flexibility index (Phi) is 18.8. The lowest BCUT2D eigenvalue weighted by molar-refractivity contribution is -0.153. The highest BCUT2D eigenvalue weighted by atomic mass is 35.5. The quantitative estimate of drug-likeness (QED) is 0.129. The minimum absolute atomic E-state index is 0.0655. The zero-order valence-electron chi connectivity index (χ0n) is 30.0. The van der Waals surface area contributed by atoms with Crippen molar-refractivity contribution in [2.24, 2.45) is 29.4 Å². The fourth-order valence-corrected chi connectivity index (χ4v) is 6.02. The van der Waals surface area contributed by atoms with E-state index in [2.05, 4.69) is 36.7 Å². The third kappa shape index (κ3) is 15.7. The van der Waals surface area contributed by atoms with Crippen LogP contribution in [0.3, 0.4) is 0 Å². The Balaban J connectivity index is 0.00000178. The number of rotatable bonds is 12. The molecule has 14 heteroatoms.